The van der Waals surface area contributed by atoms with Crippen LogP contribution < -0.4 is 9.47 Å². The van der Waals surface area contributed by atoms with Gasteiger partial charge in [-0.15, -0.1) is 0 Å². The molecule has 0 bridgehead atoms. The minimum Gasteiger partial charge on any atom is -0.491 e. The van der Waals surface area contributed by atoms with Crippen LogP contribution in [0.25, 0.3) is 16.8 Å². The molecular weight excluding hydrogens is 504 g/mol. The van der Waals surface area contributed by atoms with E-state index in [-0.39, 0.29) is 36.6 Å². The van der Waals surface area contributed by atoms with Gasteiger partial charge in [-0.1, -0.05) is 54.6 Å². The average Bonchev–Trinajstić information content (AvgIpc) is 3.20. The summed E-state index contributed by atoms with van der Waals surface area (Å²) < 4.78 is 11.8. The van der Waals surface area contributed by atoms with Crippen molar-refractivity contribution in [3.8, 4) is 11.5 Å². The summed E-state index contributed by atoms with van der Waals surface area (Å²) >= 11 is 0.876. The number of imide groups is 1. The smallest absolute Gasteiger partial charge is 0.293 e. The molecular formula is C29H22N2O6S. The Labute approximate surface area is 222 Å². The van der Waals surface area contributed by atoms with Crippen LogP contribution in [0, 0.1) is 10.1 Å². The van der Waals surface area contributed by atoms with Gasteiger partial charge in [0.1, 0.15) is 24.7 Å². The van der Waals surface area contributed by atoms with Gasteiger partial charge in [-0.05, 0) is 53.1 Å². The van der Waals surface area contributed by atoms with E-state index in [1.807, 2.05) is 48.5 Å². The second-order valence-corrected chi connectivity index (χ2v) is 9.40. The third kappa shape index (κ3) is 5.52. The number of hydrogen-bond donors (Lipinski definition) is 0. The van der Waals surface area contributed by atoms with E-state index in [1.165, 1.54) is 17.0 Å². The van der Waals surface area contributed by atoms with Crippen molar-refractivity contribution in [1.82, 2.24) is 4.90 Å². The molecule has 190 valence electrons. The van der Waals surface area contributed by atoms with Crippen LogP contribution in [-0.2, 0) is 11.4 Å². The normalized spacial score (nSPS) is 14.3. The van der Waals surface area contributed by atoms with Gasteiger partial charge in [0.15, 0.2) is 0 Å². The molecule has 0 atom stereocenters. The fourth-order valence-electron chi connectivity index (χ4n) is 4.01. The number of ether oxygens (including phenoxy) is 2. The third-order valence-corrected chi connectivity index (χ3v) is 6.85. The van der Waals surface area contributed by atoms with Crippen molar-refractivity contribution in [2.75, 3.05) is 13.2 Å². The summed E-state index contributed by atoms with van der Waals surface area (Å²) in [5, 5.41) is 12.5. The van der Waals surface area contributed by atoms with E-state index in [4.69, 9.17) is 9.47 Å². The predicted molar refractivity (Wildman–Crippen MR) is 146 cm³/mol. The molecule has 2 amide bonds. The Morgan fingerprint density at radius 1 is 0.842 bits per heavy atom. The number of nitrogens with zero attached hydrogens (tertiary/aromatic N) is 2. The number of non-ortho nitro benzene ring substituents is 1. The van der Waals surface area contributed by atoms with Crippen LogP contribution in [-0.4, -0.2) is 34.1 Å². The molecule has 4 aromatic rings. The molecule has 0 unspecified atom stereocenters. The second kappa shape index (κ2) is 11.2. The van der Waals surface area contributed by atoms with Gasteiger partial charge in [0.25, 0.3) is 16.8 Å². The first-order valence-corrected chi connectivity index (χ1v) is 12.6. The Morgan fingerprint density at radius 3 is 2.37 bits per heavy atom. The van der Waals surface area contributed by atoms with E-state index < -0.39 is 4.92 Å². The molecule has 1 fully saturated rings. The summed E-state index contributed by atoms with van der Waals surface area (Å²) in [4.78, 5) is 37.5. The van der Waals surface area contributed by atoms with Gasteiger partial charge in [-0.2, -0.15) is 0 Å². The molecule has 1 heterocycles. The van der Waals surface area contributed by atoms with Gasteiger partial charge in [-0.25, -0.2) is 0 Å². The molecule has 4 aromatic carbocycles. The summed E-state index contributed by atoms with van der Waals surface area (Å²) in [6.07, 6.45) is 1.64. The van der Waals surface area contributed by atoms with E-state index in [0.717, 1.165) is 28.1 Å². The first-order chi connectivity index (χ1) is 18.5. The summed E-state index contributed by atoms with van der Waals surface area (Å²) in [7, 11) is 0. The summed E-state index contributed by atoms with van der Waals surface area (Å²) in [5.74, 6) is 0.841. The fraction of sp³-hybridized carbons (Fsp3) is 0.103. The zero-order valence-corrected chi connectivity index (χ0v) is 20.9. The summed E-state index contributed by atoms with van der Waals surface area (Å²) in [6.45, 7) is 0.494. The van der Waals surface area contributed by atoms with Gasteiger partial charge < -0.3 is 9.47 Å². The van der Waals surface area contributed by atoms with Crippen molar-refractivity contribution in [3.05, 3.63) is 117 Å². The Hall–Kier alpha value is -4.63. The Kier molecular flexibility index (Phi) is 7.37. The Balaban J connectivity index is 1.24. The van der Waals surface area contributed by atoms with Crippen LogP contribution in [0.1, 0.15) is 11.1 Å². The first-order valence-electron chi connectivity index (χ1n) is 11.8. The standard InChI is InChI=1S/C29H22N2O6S/c32-28-27(18-22-7-2-4-10-25(22)37-19-20-12-14-23(15-13-20)31(34)35)38-29(33)30(28)16-17-36-26-11-5-8-21-6-1-3-9-24(21)26/h1-15,18H,16-17,19H2/b27-18-. The van der Waals surface area contributed by atoms with Crippen molar-refractivity contribution in [2.45, 2.75) is 6.61 Å². The van der Waals surface area contributed by atoms with Crippen LogP contribution in [0.4, 0.5) is 10.5 Å². The van der Waals surface area contributed by atoms with Crippen LogP contribution in [0.15, 0.2) is 95.9 Å². The highest BCUT2D eigenvalue weighted by molar-refractivity contribution is 8.18. The second-order valence-electron chi connectivity index (χ2n) is 8.41. The van der Waals surface area contributed by atoms with Crippen molar-refractivity contribution in [3.63, 3.8) is 0 Å². The van der Waals surface area contributed by atoms with Gasteiger partial charge in [-0.3, -0.25) is 24.6 Å². The summed E-state index contributed by atoms with van der Waals surface area (Å²) in [5.41, 5.74) is 1.41. The molecule has 0 aliphatic carbocycles. The number of thioether (sulfide) groups is 1. The van der Waals surface area contributed by atoms with Crippen LogP contribution in [0.2, 0.25) is 0 Å². The molecule has 0 aromatic heterocycles. The molecule has 38 heavy (non-hydrogen) atoms. The lowest BCUT2D eigenvalue weighted by atomic mass is 10.1. The Morgan fingerprint density at radius 2 is 1.55 bits per heavy atom. The zero-order valence-electron chi connectivity index (χ0n) is 20.1. The lowest BCUT2D eigenvalue weighted by Crippen LogP contribution is -2.32. The van der Waals surface area contributed by atoms with Crippen LogP contribution in [0.3, 0.4) is 0 Å². The molecule has 0 spiro atoms. The third-order valence-electron chi connectivity index (χ3n) is 5.94. The van der Waals surface area contributed by atoms with Crippen LogP contribution >= 0.6 is 11.8 Å². The minimum absolute atomic E-state index is 0.00685. The van der Waals surface area contributed by atoms with Crippen molar-refractivity contribution in [1.29, 1.82) is 0 Å². The molecule has 8 nitrogen and oxygen atoms in total. The number of hydrogen-bond acceptors (Lipinski definition) is 7. The molecule has 0 saturated carbocycles. The quantitative estimate of drug-likeness (QED) is 0.141. The van der Waals surface area contributed by atoms with Gasteiger partial charge in [0.05, 0.1) is 16.4 Å². The average molecular weight is 527 g/mol. The lowest BCUT2D eigenvalue weighted by molar-refractivity contribution is -0.384. The molecule has 1 saturated heterocycles. The molecule has 9 heteroatoms. The number of amides is 2. The largest absolute Gasteiger partial charge is 0.491 e. The highest BCUT2D eigenvalue weighted by Gasteiger charge is 2.35. The molecule has 0 N–H and O–H groups in total. The number of carbonyl (C=O) groups excluding carboxylic acids is 2. The highest BCUT2D eigenvalue weighted by Crippen LogP contribution is 2.34. The molecule has 1 aliphatic heterocycles. The van der Waals surface area contributed by atoms with E-state index in [9.17, 15) is 19.7 Å². The van der Waals surface area contributed by atoms with Crippen molar-refractivity contribution >= 4 is 45.4 Å². The Bertz CT molecular complexity index is 1550. The maximum Gasteiger partial charge on any atom is 0.293 e. The van der Waals surface area contributed by atoms with Gasteiger partial charge in [0.2, 0.25) is 0 Å². The van der Waals surface area contributed by atoms with E-state index in [2.05, 4.69) is 0 Å². The van der Waals surface area contributed by atoms with Gasteiger partial charge in [0, 0.05) is 23.1 Å². The number of carbonyl (C=O) groups is 2. The highest BCUT2D eigenvalue weighted by atomic mass is 32.2. The number of fused-ring (bicyclic) bond motifs is 1. The van der Waals surface area contributed by atoms with E-state index in [0.29, 0.717) is 22.0 Å². The number of nitro groups is 1. The SMILES string of the molecule is O=C1S/C(=C\c2ccccc2OCc2ccc([N+](=O)[O-])cc2)C(=O)N1CCOc1cccc2ccccc12. The number of rotatable bonds is 9. The number of para-hydroxylation sites is 1. The van der Waals surface area contributed by atoms with Gasteiger partial charge >= 0.3 is 0 Å². The van der Waals surface area contributed by atoms with Crippen LogP contribution in [0.5, 0.6) is 11.5 Å². The van der Waals surface area contributed by atoms with E-state index in [1.54, 1.807) is 36.4 Å². The summed E-state index contributed by atoms with van der Waals surface area (Å²) in [6, 6.07) is 26.9. The lowest BCUT2D eigenvalue weighted by Gasteiger charge is -2.14. The minimum atomic E-state index is -0.456. The zero-order chi connectivity index (χ0) is 26.5. The molecule has 0 radical (unpaired) electrons. The fourth-order valence-corrected chi connectivity index (χ4v) is 4.86. The monoisotopic (exact) mass is 526 g/mol. The first kappa shape index (κ1) is 25.0. The number of benzene rings is 4. The topological polar surface area (TPSA) is 99.0 Å². The molecule has 1 aliphatic rings. The molecule has 5 rings (SSSR count). The maximum absolute atomic E-state index is 13.0. The maximum atomic E-state index is 13.0. The van der Waals surface area contributed by atoms with Crippen molar-refractivity contribution in [2.24, 2.45) is 0 Å². The van der Waals surface area contributed by atoms with E-state index >= 15 is 0 Å². The number of nitro benzene ring substituents is 1. The van der Waals surface area contributed by atoms with Crippen molar-refractivity contribution < 1.29 is 24.0 Å². The predicted octanol–water partition coefficient (Wildman–Crippen LogP) is 6.44.